The van der Waals surface area contributed by atoms with E-state index in [4.69, 9.17) is 17.3 Å². The van der Waals surface area contributed by atoms with Crippen LogP contribution in [0, 0.1) is 0 Å². The fraction of sp³-hybridized carbons (Fsp3) is 0.238. The van der Waals surface area contributed by atoms with Crippen LogP contribution in [0.3, 0.4) is 0 Å². The zero-order valence-electron chi connectivity index (χ0n) is 15.2. The molecule has 0 atom stereocenters. The highest BCUT2D eigenvalue weighted by Crippen LogP contribution is 2.24. The quantitative estimate of drug-likeness (QED) is 0.663. The first-order valence-electron chi connectivity index (χ1n) is 8.87. The standard InChI is InChI=1S/C21H24N4S/c1-3-14-22-21(26)24(2)15-18-16-25(19-12-8-5-9-13-19)23-20(18)17-10-6-4-7-11-17/h4-13,16H,3,14-15H2,1-2H3,(H,22,26). The molecule has 1 aromatic heterocycles. The fourth-order valence-corrected chi connectivity index (χ4v) is 2.94. The highest BCUT2D eigenvalue weighted by Gasteiger charge is 2.15. The van der Waals surface area contributed by atoms with E-state index in [9.17, 15) is 0 Å². The molecule has 2 aromatic carbocycles. The van der Waals surface area contributed by atoms with Crippen molar-refractivity contribution >= 4 is 17.3 Å². The third-order valence-electron chi connectivity index (χ3n) is 4.14. The Hall–Kier alpha value is -2.66. The maximum absolute atomic E-state index is 5.49. The number of hydrogen-bond acceptors (Lipinski definition) is 2. The van der Waals surface area contributed by atoms with Crippen LogP contribution in [-0.4, -0.2) is 33.4 Å². The molecule has 5 heteroatoms. The van der Waals surface area contributed by atoms with Crippen LogP contribution in [0.4, 0.5) is 0 Å². The minimum Gasteiger partial charge on any atom is -0.363 e. The normalized spacial score (nSPS) is 10.5. The Kier molecular flexibility index (Phi) is 6.02. The van der Waals surface area contributed by atoms with Gasteiger partial charge in [-0.1, -0.05) is 55.5 Å². The van der Waals surface area contributed by atoms with Gasteiger partial charge in [0.1, 0.15) is 0 Å². The maximum Gasteiger partial charge on any atom is 0.168 e. The first kappa shape index (κ1) is 18.1. The lowest BCUT2D eigenvalue weighted by Crippen LogP contribution is -2.36. The van der Waals surface area contributed by atoms with Gasteiger partial charge in [0.2, 0.25) is 0 Å². The van der Waals surface area contributed by atoms with Gasteiger partial charge in [0, 0.05) is 37.5 Å². The summed E-state index contributed by atoms with van der Waals surface area (Å²) in [5.74, 6) is 0. The van der Waals surface area contributed by atoms with Crippen molar-refractivity contribution in [1.29, 1.82) is 0 Å². The summed E-state index contributed by atoms with van der Waals surface area (Å²) in [6, 6.07) is 20.5. The molecule has 0 spiro atoms. The SMILES string of the molecule is CCCNC(=S)N(C)Cc1cn(-c2ccccc2)nc1-c1ccccc1. The number of thiocarbonyl (C=S) groups is 1. The second-order valence-corrected chi connectivity index (χ2v) is 6.62. The van der Waals surface area contributed by atoms with Crippen LogP contribution < -0.4 is 5.32 Å². The summed E-state index contributed by atoms with van der Waals surface area (Å²) in [4.78, 5) is 2.06. The number of nitrogens with one attached hydrogen (secondary N) is 1. The first-order chi connectivity index (χ1) is 12.7. The second-order valence-electron chi connectivity index (χ2n) is 6.24. The molecule has 134 valence electrons. The van der Waals surface area contributed by atoms with Crippen LogP contribution in [0.1, 0.15) is 18.9 Å². The van der Waals surface area contributed by atoms with Crippen molar-refractivity contribution in [2.45, 2.75) is 19.9 Å². The van der Waals surface area contributed by atoms with Gasteiger partial charge in [-0.3, -0.25) is 0 Å². The van der Waals surface area contributed by atoms with Crippen LogP contribution in [0.25, 0.3) is 16.9 Å². The molecule has 1 N–H and O–H groups in total. The van der Waals surface area contributed by atoms with E-state index in [0.29, 0.717) is 6.54 Å². The number of nitrogens with zero attached hydrogens (tertiary/aromatic N) is 3. The van der Waals surface area contributed by atoms with Gasteiger partial charge < -0.3 is 10.2 Å². The largest absolute Gasteiger partial charge is 0.363 e. The molecule has 1 heterocycles. The van der Waals surface area contributed by atoms with Gasteiger partial charge in [0.15, 0.2) is 5.11 Å². The number of rotatable bonds is 6. The van der Waals surface area contributed by atoms with Gasteiger partial charge >= 0.3 is 0 Å². The third kappa shape index (κ3) is 4.29. The third-order valence-corrected chi connectivity index (χ3v) is 4.59. The molecule has 0 aliphatic heterocycles. The zero-order valence-corrected chi connectivity index (χ0v) is 16.0. The van der Waals surface area contributed by atoms with Gasteiger partial charge in [0.25, 0.3) is 0 Å². The van der Waals surface area contributed by atoms with E-state index in [1.54, 1.807) is 0 Å². The Morgan fingerprint density at radius 3 is 2.38 bits per heavy atom. The van der Waals surface area contributed by atoms with Crippen LogP contribution in [0.2, 0.25) is 0 Å². The average molecular weight is 365 g/mol. The van der Waals surface area contributed by atoms with Gasteiger partial charge in [-0.25, -0.2) is 4.68 Å². The molecule has 4 nitrogen and oxygen atoms in total. The van der Waals surface area contributed by atoms with Crippen molar-refractivity contribution in [2.75, 3.05) is 13.6 Å². The van der Waals surface area contributed by atoms with E-state index in [1.165, 1.54) is 0 Å². The molecular formula is C21H24N4S. The summed E-state index contributed by atoms with van der Waals surface area (Å²) in [5, 5.41) is 8.89. The van der Waals surface area contributed by atoms with Crippen molar-refractivity contribution in [3.8, 4) is 16.9 Å². The predicted molar refractivity (Wildman–Crippen MR) is 111 cm³/mol. The minimum atomic E-state index is 0.701. The van der Waals surface area contributed by atoms with Gasteiger partial charge in [-0.05, 0) is 30.8 Å². The van der Waals surface area contributed by atoms with E-state index >= 15 is 0 Å². The molecular weight excluding hydrogens is 340 g/mol. The first-order valence-corrected chi connectivity index (χ1v) is 9.28. The lowest BCUT2D eigenvalue weighted by molar-refractivity contribution is 0.489. The van der Waals surface area contributed by atoms with Crippen molar-refractivity contribution in [2.24, 2.45) is 0 Å². The Morgan fingerprint density at radius 1 is 1.08 bits per heavy atom. The van der Waals surface area contributed by atoms with E-state index in [-0.39, 0.29) is 0 Å². The molecule has 0 amide bonds. The number of aromatic nitrogens is 2. The Morgan fingerprint density at radius 2 is 1.73 bits per heavy atom. The van der Waals surface area contributed by atoms with Crippen LogP contribution >= 0.6 is 12.2 Å². The maximum atomic E-state index is 5.49. The van der Waals surface area contributed by atoms with Crippen LogP contribution in [-0.2, 0) is 6.54 Å². The monoisotopic (exact) mass is 364 g/mol. The van der Waals surface area contributed by atoms with Crippen molar-refractivity contribution < 1.29 is 0 Å². The Balaban J connectivity index is 1.92. The van der Waals surface area contributed by atoms with E-state index < -0.39 is 0 Å². The van der Waals surface area contributed by atoms with Crippen LogP contribution in [0.5, 0.6) is 0 Å². The van der Waals surface area contributed by atoms with Crippen LogP contribution in [0.15, 0.2) is 66.9 Å². The number of para-hydroxylation sites is 1. The van der Waals surface area contributed by atoms with E-state index in [1.807, 2.05) is 48.1 Å². The molecule has 0 unspecified atom stereocenters. The van der Waals surface area contributed by atoms with Crippen molar-refractivity contribution in [3.63, 3.8) is 0 Å². The molecule has 0 aliphatic rings. The Bertz CT molecular complexity index is 843. The summed E-state index contributed by atoms with van der Waals surface area (Å²) in [6.45, 7) is 3.72. The minimum absolute atomic E-state index is 0.701. The number of hydrogen-bond donors (Lipinski definition) is 1. The van der Waals surface area contributed by atoms with Crippen molar-refractivity contribution in [1.82, 2.24) is 20.0 Å². The molecule has 3 rings (SSSR count). The second kappa shape index (κ2) is 8.63. The molecule has 0 saturated heterocycles. The van der Waals surface area contributed by atoms with E-state index in [2.05, 4.69) is 47.6 Å². The predicted octanol–water partition coefficient (Wildman–Crippen LogP) is 4.26. The highest BCUT2D eigenvalue weighted by molar-refractivity contribution is 7.80. The average Bonchev–Trinajstić information content (AvgIpc) is 3.11. The summed E-state index contributed by atoms with van der Waals surface area (Å²) < 4.78 is 1.94. The molecule has 3 aromatic rings. The topological polar surface area (TPSA) is 33.1 Å². The molecule has 0 radical (unpaired) electrons. The zero-order chi connectivity index (χ0) is 18.4. The molecule has 0 aliphatic carbocycles. The summed E-state index contributed by atoms with van der Waals surface area (Å²) in [5.41, 5.74) is 4.28. The summed E-state index contributed by atoms with van der Waals surface area (Å²) in [7, 11) is 2.01. The Labute approximate surface area is 160 Å². The summed E-state index contributed by atoms with van der Waals surface area (Å²) >= 11 is 5.49. The summed E-state index contributed by atoms with van der Waals surface area (Å²) in [6.07, 6.45) is 3.14. The number of benzene rings is 2. The molecule has 0 bridgehead atoms. The highest BCUT2D eigenvalue weighted by atomic mass is 32.1. The fourth-order valence-electron chi connectivity index (χ4n) is 2.77. The van der Waals surface area contributed by atoms with Gasteiger partial charge in [-0.15, -0.1) is 0 Å². The van der Waals surface area contributed by atoms with Gasteiger partial charge in [0.05, 0.1) is 11.4 Å². The smallest absolute Gasteiger partial charge is 0.168 e. The lowest BCUT2D eigenvalue weighted by atomic mass is 10.1. The lowest BCUT2D eigenvalue weighted by Gasteiger charge is -2.20. The van der Waals surface area contributed by atoms with Gasteiger partial charge in [-0.2, -0.15) is 5.10 Å². The molecule has 26 heavy (non-hydrogen) atoms. The molecule has 0 saturated carbocycles. The van der Waals surface area contributed by atoms with Crippen molar-refractivity contribution in [3.05, 3.63) is 72.4 Å². The van der Waals surface area contributed by atoms with E-state index in [0.717, 1.165) is 40.6 Å². The molecule has 0 fully saturated rings.